The number of hydrogen-bond acceptors (Lipinski definition) is 3. The molecule has 0 fully saturated rings. The molecule has 0 saturated carbocycles. The third-order valence-corrected chi connectivity index (χ3v) is 2.61. The van der Waals surface area contributed by atoms with Crippen LogP contribution < -0.4 is 11.1 Å². The fraction of sp³-hybridized carbons (Fsp3) is 0.500. The van der Waals surface area contributed by atoms with Crippen molar-refractivity contribution in [3.63, 3.8) is 0 Å². The van der Waals surface area contributed by atoms with Crippen molar-refractivity contribution in [3.05, 3.63) is 30.6 Å². The molecule has 0 aliphatic carbocycles. The number of nitrogens with one attached hydrogen (secondary N) is 1. The minimum absolute atomic E-state index is 0.113. The Balaban J connectivity index is 2.38. The molecule has 0 spiro atoms. The van der Waals surface area contributed by atoms with Gasteiger partial charge >= 0.3 is 0 Å². The lowest BCUT2D eigenvalue weighted by Gasteiger charge is -2.08. The molecule has 1 heterocycles. The van der Waals surface area contributed by atoms with Crippen LogP contribution in [0.1, 0.15) is 30.3 Å². The van der Waals surface area contributed by atoms with E-state index >= 15 is 0 Å². The number of nitrogens with two attached hydrogens (primary N) is 1. The molecule has 0 saturated heterocycles. The van der Waals surface area contributed by atoms with E-state index in [2.05, 4.69) is 18.8 Å². The summed E-state index contributed by atoms with van der Waals surface area (Å²) in [4.78, 5) is 12.0. The van der Waals surface area contributed by atoms with Crippen molar-refractivity contribution in [2.45, 2.75) is 26.3 Å². The highest BCUT2D eigenvalue weighted by atomic mass is 16.5. The first-order chi connectivity index (χ1) is 9.19. The lowest BCUT2D eigenvalue weighted by molar-refractivity contribution is 0.0909. The standard InChI is InChI=1S/C14H23N3O2/c1-3-5-8-19-9-6-16-14(18)13-10-12(15)11-17(13)7-4-2/h3,10-11H,1,4-9,15H2,2H3,(H,16,18). The molecule has 5 nitrogen and oxygen atoms in total. The third-order valence-electron chi connectivity index (χ3n) is 2.61. The van der Waals surface area contributed by atoms with Crippen molar-refractivity contribution in [2.75, 3.05) is 25.5 Å². The Labute approximate surface area is 114 Å². The predicted octanol–water partition coefficient (Wildman–Crippen LogP) is 1.80. The lowest BCUT2D eigenvalue weighted by atomic mass is 10.3. The van der Waals surface area contributed by atoms with Gasteiger partial charge in [0.15, 0.2) is 0 Å². The van der Waals surface area contributed by atoms with Crippen molar-refractivity contribution in [2.24, 2.45) is 0 Å². The maximum Gasteiger partial charge on any atom is 0.268 e. The molecule has 0 aliphatic heterocycles. The van der Waals surface area contributed by atoms with Crippen LogP contribution in [0.25, 0.3) is 0 Å². The molecule has 1 aromatic rings. The summed E-state index contributed by atoms with van der Waals surface area (Å²) in [6.45, 7) is 8.09. The lowest BCUT2D eigenvalue weighted by Crippen LogP contribution is -2.29. The van der Waals surface area contributed by atoms with Gasteiger partial charge in [-0.3, -0.25) is 4.79 Å². The zero-order valence-corrected chi connectivity index (χ0v) is 11.5. The average Bonchev–Trinajstić information content (AvgIpc) is 2.75. The van der Waals surface area contributed by atoms with E-state index < -0.39 is 0 Å². The summed E-state index contributed by atoms with van der Waals surface area (Å²) in [6.07, 6.45) is 5.38. The number of carbonyl (C=O) groups excluding carboxylic acids is 1. The molecule has 3 N–H and O–H groups in total. The van der Waals surface area contributed by atoms with E-state index in [1.54, 1.807) is 18.3 Å². The number of hydrogen-bond donors (Lipinski definition) is 2. The number of aromatic nitrogens is 1. The number of anilines is 1. The first-order valence-corrected chi connectivity index (χ1v) is 6.61. The monoisotopic (exact) mass is 265 g/mol. The second-order valence-corrected chi connectivity index (χ2v) is 4.30. The van der Waals surface area contributed by atoms with E-state index in [1.807, 2.05) is 4.57 Å². The number of amides is 1. The maximum absolute atomic E-state index is 12.0. The van der Waals surface area contributed by atoms with E-state index in [1.165, 1.54) is 0 Å². The van der Waals surface area contributed by atoms with Crippen molar-refractivity contribution in [1.82, 2.24) is 9.88 Å². The smallest absolute Gasteiger partial charge is 0.268 e. The molecule has 0 unspecified atom stereocenters. The normalized spacial score (nSPS) is 10.4. The van der Waals surface area contributed by atoms with Gasteiger partial charge in [0.05, 0.1) is 18.9 Å². The number of rotatable bonds is 9. The molecule has 106 valence electrons. The number of carbonyl (C=O) groups is 1. The molecule has 0 aliphatic rings. The number of aryl methyl sites for hydroxylation is 1. The summed E-state index contributed by atoms with van der Waals surface area (Å²) in [6, 6.07) is 1.70. The van der Waals surface area contributed by atoms with Gasteiger partial charge in [-0.2, -0.15) is 0 Å². The largest absolute Gasteiger partial charge is 0.397 e. The zero-order valence-electron chi connectivity index (χ0n) is 11.5. The van der Waals surface area contributed by atoms with Crippen LogP contribution >= 0.6 is 0 Å². The van der Waals surface area contributed by atoms with Gasteiger partial charge in [-0.15, -0.1) is 6.58 Å². The van der Waals surface area contributed by atoms with Gasteiger partial charge in [0.25, 0.3) is 5.91 Å². The van der Waals surface area contributed by atoms with E-state index in [9.17, 15) is 4.79 Å². The number of ether oxygens (including phenoxy) is 1. The second kappa shape index (κ2) is 8.37. The Kier molecular flexibility index (Phi) is 6.74. The van der Waals surface area contributed by atoms with Gasteiger partial charge in [0.1, 0.15) is 5.69 Å². The molecule has 0 radical (unpaired) electrons. The summed E-state index contributed by atoms with van der Waals surface area (Å²) in [5.41, 5.74) is 6.94. The molecule has 19 heavy (non-hydrogen) atoms. The predicted molar refractivity (Wildman–Crippen MR) is 77.1 cm³/mol. The van der Waals surface area contributed by atoms with Gasteiger partial charge < -0.3 is 20.4 Å². The van der Waals surface area contributed by atoms with Gasteiger partial charge in [0, 0.05) is 19.3 Å². The van der Waals surface area contributed by atoms with Crippen LogP contribution in [0, 0.1) is 0 Å². The van der Waals surface area contributed by atoms with E-state index in [0.717, 1.165) is 19.4 Å². The Hall–Kier alpha value is -1.75. The van der Waals surface area contributed by atoms with Gasteiger partial charge in [-0.05, 0) is 18.9 Å². The summed E-state index contributed by atoms with van der Waals surface area (Å²) in [7, 11) is 0. The Bertz CT molecular complexity index is 413. The molecule has 1 rings (SSSR count). The van der Waals surface area contributed by atoms with E-state index in [0.29, 0.717) is 31.1 Å². The molecular weight excluding hydrogens is 242 g/mol. The summed E-state index contributed by atoms with van der Waals surface area (Å²) in [5, 5.41) is 2.82. The van der Waals surface area contributed by atoms with Crippen LogP contribution in [0.2, 0.25) is 0 Å². The highest BCUT2D eigenvalue weighted by Gasteiger charge is 2.11. The maximum atomic E-state index is 12.0. The quantitative estimate of drug-likeness (QED) is 0.528. The fourth-order valence-corrected chi connectivity index (χ4v) is 1.75. The Morgan fingerprint density at radius 1 is 1.58 bits per heavy atom. The first-order valence-electron chi connectivity index (χ1n) is 6.61. The Morgan fingerprint density at radius 3 is 3.05 bits per heavy atom. The molecular formula is C14H23N3O2. The molecule has 0 aromatic carbocycles. The van der Waals surface area contributed by atoms with Crippen LogP contribution in [0.3, 0.4) is 0 Å². The fourth-order valence-electron chi connectivity index (χ4n) is 1.75. The summed E-state index contributed by atoms with van der Waals surface area (Å²) in [5.74, 6) is -0.113. The highest BCUT2D eigenvalue weighted by molar-refractivity contribution is 5.93. The van der Waals surface area contributed by atoms with Crippen LogP contribution in [-0.4, -0.2) is 30.2 Å². The second-order valence-electron chi connectivity index (χ2n) is 4.30. The van der Waals surface area contributed by atoms with Gasteiger partial charge in [-0.1, -0.05) is 13.0 Å². The van der Waals surface area contributed by atoms with Gasteiger partial charge in [-0.25, -0.2) is 0 Å². The zero-order chi connectivity index (χ0) is 14.1. The SMILES string of the molecule is C=CCCOCCNC(=O)c1cc(N)cn1CCC. The molecule has 1 aromatic heterocycles. The van der Waals surface area contributed by atoms with Crippen LogP contribution in [0.4, 0.5) is 5.69 Å². The summed E-state index contributed by atoms with van der Waals surface area (Å²) < 4.78 is 7.20. The number of nitrogen functional groups attached to an aromatic ring is 1. The Morgan fingerprint density at radius 2 is 2.37 bits per heavy atom. The van der Waals surface area contributed by atoms with Crippen LogP contribution in [0.5, 0.6) is 0 Å². The van der Waals surface area contributed by atoms with Gasteiger partial charge in [0.2, 0.25) is 0 Å². The first kappa shape index (κ1) is 15.3. The minimum Gasteiger partial charge on any atom is -0.397 e. The van der Waals surface area contributed by atoms with Crippen LogP contribution in [0.15, 0.2) is 24.9 Å². The van der Waals surface area contributed by atoms with Crippen molar-refractivity contribution < 1.29 is 9.53 Å². The van der Waals surface area contributed by atoms with Crippen molar-refractivity contribution in [1.29, 1.82) is 0 Å². The van der Waals surface area contributed by atoms with E-state index in [4.69, 9.17) is 10.5 Å². The molecule has 5 heteroatoms. The number of nitrogens with zero attached hydrogens (tertiary/aromatic N) is 1. The minimum atomic E-state index is -0.113. The molecule has 0 atom stereocenters. The molecule has 1 amide bonds. The molecule has 0 bridgehead atoms. The topological polar surface area (TPSA) is 69.3 Å². The third kappa shape index (κ3) is 5.18. The van der Waals surface area contributed by atoms with E-state index in [-0.39, 0.29) is 5.91 Å². The summed E-state index contributed by atoms with van der Waals surface area (Å²) >= 11 is 0. The van der Waals surface area contributed by atoms with Crippen LogP contribution in [-0.2, 0) is 11.3 Å². The van der Waals surface area contributed by atoms with Crippen molar-refractivity contribution >= 4 is 11.6 Å². The average molecular weight is 265 g/mol. The highest BCUT2D eigenvalue weighted by Crippen LogP contribution is 2.11. The van der Waals surface area contributed by atoms with Crippen molar-refractivity contribution in [3.8, 4) is 0 Å².